The van der Waals surface area contributed by atoms with Gasteiger partial charge < -0.3 is 19.7 Å². The van der Waals surface area contributed by atoms with Crippen molar-refractivity contribution in [2.24, 2.45) is 10.8 Å². The van der Waals surface area contributed by atoms with E-state index in [2.05, 4.69) is 9.47 Å². The summed E-state index contributed by atoms with van der Waals surface area (Å²) in [5.74, 6) is -1.12. The van der Waals surface area contributed by atoms with Crippen LogP contribution >= 0.6 is 0 Å². The molecule has 0 aromatic carbocycles. The number of methoxy groups -OCH3 is 2. The normalized spacial score (nSPS) is 9.52. The van der Waals surface area contributed by atoms with Crippen molar-refractivity contribution in [3.8, 4) is 0 Å². The van der Waals surface area contributed by atoms with Crippen molar-refractivity contribution in [3.63, 3.8) is 0 Å². The van der Waals surface area contributed by atoms with E-state index in [1.54, 1.807) is 55.4 Å². The van der Waals surface area contributed by atoms with E-state index >= 15 is 0 Å². The Bertz CT molecular complexity index is 406. The zero-order valence-electron chi connectivity index (χ0n) is 19.7. The third-order valence-corrected chi connectivity index (χ3v) is 2.74. The summed E-state index contributed by atoms with van der Waals surface area (Å²) >= 11 is 0. The molecule has 9 heteroatoms. The fraction of sp³-hybridized carbons (Fsp3) is 0.800. The fourth-order valence-corrected chi connectivity index (χ4v) is 0.937. The maximum absolute atomic E-state index is 11.1. The number of ketones is 2. The maximum Gasteiger partial charge on any atom is 0.313 e. The number of aliphatic hydroxyl groups is 2. The number of hydrogen-bond acceptors (Lipinski definition) is 8. The summed E-state index contributed by atoms with van der Waals surface area (Å²) in [6.45, 7) is 14.5. The van der Waals surface area contributed by atoms with E-state index in [0.29, 0.717) is 0 Å². The van der Waals surface area contributed by atoms with Crippen LogP contribution in [0.1, 0.15) is 68.2 Å². The molecule has 0 amide bonds. The third-order valence-electron chi connectivity index (χ3n) is 2.74. The molecule has 0 saturated heterocycles. The Morgan fingerprint density at radius 3 is 0.931 bits per heavy atom. The summed E-state index contributed by atoms with van der Waals surface area (Å²) in [4.78, 5) is 43.5. The van der Waals surface area contributed by atoms with Crippen molar-refractivity contribution in [3.05, 3.63) is 0 Å². The zero-order valence-corrected chi connectivity index (χ0v) is 21.2. The van der Waals surface area contributed by atoms with Crippen LogP contribution in [0.5, 0.6) is 0 Å². The minimum Gasteiger partial charge on any atom is -0.469 e. The number of Topliss-reactive ketones (excluding diaryl/α,β-unsaturated/α-hetero) is 2. The average Bonchev–Trinajstić information content (AvgIpc) is 2.54. The molecule has 2 N–H and O–H groups in total. The van der Waals surface area contributed by atoms with E-state index in [-0.39, 0.29) is 59.3 Å². The molecule has 0 bridgehead atoms. The number of hydrogen-bond donors (Lipinski definition) is 2. The van der Waals surface area contributed by atoms with Crippen molar-refractivity contribution in [2.45, 2.75) is 68.2 Å². The van der Waals surface area contributed by atoms with Gasteiger partial charge in [-0.3, -0.25) is 19.2 Å². The predicted molar refractivity (Wildman–Crippen MR) is 108 cm³/mol. The summed E-state index contributed by atoms with van der Waals surface area (Å²) in [7, 11) is 2.55. The molecule has 0 rings (SSSR count). The minimum atomic E-state index is -0.468. The Morgan fingerprint density at radius 1 is 0.655 bits per heavy atom. The number of rotatable bonds is 4. The molecule has 0 aromatic rings. The van der Waals surface area contributed by atoms with Crippen LogP contribution in [0.25, 0.3) is 0 Å². The van der Waals surface area contributed by atoms with Gasteiger partial charge >= 0.3 is 11.9 Å². The third kappa shape index (κ3) is 31.8. The van der Waals surface area contributed by atoms with Crippen LogP contribution in [0, 0.1) is 10.8 Å². The van der Waals surface area contributed by atoms with Crippen LogP contribution in [0.2, 0.25) is 0 Å². The predicted octanol–water partition coefficient (Wildman–Crippen LogP) is 2.32. The Morgan fingerprint density at radius 2 is 0.828 bits per heavy atom. The Labute approximate surface area is 190 Å². The zero-order chi connectivity index (χ0) is 23.6. The molecule has 0 aromatic heterocycles. The van der Waals surface area contributed by atoms with Gasteiger partial charge in [-0.2, -0.15) is 0 Å². The molecule has 0 fully saturated rings. The molecule has 8 nitrogen and oxygen atoms in total. The molecule has 0 unspecified atom stereocenters. The molecule has 0 heterocycles. The first-order valence-electron chi connectivity index (χ1n) is 9.00. The van der Waals surface area contributed by atoms with E-state index in [1.807, 2.05) is 0 Å². The topological polar surface area (TPSA) is 127 Å². The molecule has 0 aliphatic rings. The van der Waals surface area contributed by atoms with Crippen LogP contribution in [-0.4, -0.2) is 61.2 Å². The summed E-state index contributed by atoms with van der Waals surface area (Å²) in [5, 5.41) is 15.1. The number of carbonyl (C=O) groups is 4. The second-order valence-corrected chi connectivity index (χ2v) is 7.48. The molecular formula is C20H40O8Ti. The summed E-state index contributed by atoms with van der Waals surface area (Å²) in [6.07, 6.45) is -0.250. The Kier molecular flexibility index (Phi) is 28.7. The molecule has 0 saturated carbocycles. The SMILES string of the molecule is CCO.CCO.COC(=O)CC(=O)C(C)(C)C.COC(=O)CC(=O)C(C)(C)C.[Ti]. The molecule has 0 aliphatic heterocycles. The van der Waals surface area contributed by atoms with Crippen molar-refractivity contribution in [1.29, 1.82) is 0 Å². The molecule has 0 radical (unpaired) electrons. The molecule has 0 aliphatic carbocycles. The molecule has 172 valence electrons. The number of esters is 2. The first-order valence-corrected chi connectivity index (χ1v) is 9.00. The van der Waals surface area contributed by atoms with Crippen molar-refractivity contribution in [2.75, 3.05) is 27.4 Å². The van der Waals surface area contributed by atoms with Crippen LogP contribution in [0.3, 0.4) is 0 Å². The number of aliphatic hydroxyl groups excluding tert-OH is 2. The molecule has 0 spiro atoms. The van der Waals surface area contributed by atoms with E-state index in [0.717, 1.165) is 0 Å². The Balaban J connectivity index is -0.000000101. The van der Waals surface area contributed by atoms with Gasteiger partial charge in [-0.15, -0.1) is 0 Å². The van der Waals surface area contributed by atoms with E-state index in [9.17, 15) is 19.2 Å². The second-order valence-electron chi connectivity index (χ2n) is 7.48. The van der Waals surface area contributed by atoms with Gasteiger partial charge in [-0.25, -0.2) is 0 Å². The van der Waals surface area contributed by atoms with Gasteiger partial charge in [0.25, 0.3) is 0 Å². The van der Waals surface area contributed by atoms with Gasteiger partial charge in [0.1, 0.15) is 24.4 Å². The van der Waals surface area contributed by atoms with Crippen LogP contribution < -0.4 is 0 Å². The molecule has 29 heavy (non-hydrogen) atoms. The van der Waals surface area contributed by atoms with Gasteiger partial charge in [0.05, 0.1) is 14.2 Å². The largest absolute Gasteiger partial charge is 0.469 e. The van der Waals surface area contributed by atoms with Crippen LogP contribution in [0.15, 0.2) is 0 Å². The number of ether oxygens (including phenoxy) is 2. The average molecular weight is 456 g/mol. The molecule has 0 atom stereocenters. The Hall–Kier alpha value is -1.09. The van der Waals surface area contributed by atoms with Gasteiger partial charge in [-0.05, 0) is 13.8 Å². The van der Waals surface area contributed by atoms with Crippen LogP contribution in [-0.2, 0) is 50.4 Å². The molecular weight excluding hydrogens is 416 g/mol. The number of carbonyl (C=O) groups excluding carboxylic acids is 4. The van der Waals surface area contributed by atoms with E-state index in [4.69, 9.17) is 10.2 Å². The smallest absolute Gasteiger partial charge is 0.313 e. The monoisotopic (exact) mass is 456 g/mol. The first kappa shape index (κ1) is 38.5. The van der Waals surface area contributed by atoms with Crippen molar-refractivity contribution < 1.29 is 60.6 Å². The van der Waals surface area contributed by atoms with Gasteiger partial charge in [0.15, 0.2) is 0 Å². The van der Waals surface area contributed by atoms with Gasteiger partial charge in [0.2, 0.25) is 0 Å². The van der Waals surface area contributed by atoms with Crippen molar-refractivity contribution in [1.82, 2.24) is 0 Å². The minimum absolute atomic E-state index is 0. The standard InChI is InChI=1S/2C8H14O3.2C2H6O.Ti/c2*1-8(2,3)6(9)5-7(10)11-4;2*1-2-3;/h2*5H2,1-4H3;2*3H,2H2,1H3;. The van der Waals surface area contributed by atoms with Gasteiger partial charge in [0, 0.05) is 45.8 Å². The summed E-state index contributed by atoms with van der Waals surface area (Å²) in [5.41, 5.74) is -0.900. The van der Waals surface area contributed by atoms with E-state index in [1.165, 1.54) is 14.2 Å². The quantitative estimate of drug-likeness (QED) is 0.375. The van der Waals surface area contributed by atoms with Gasteiger partial charge in [-0.1, -0.05) is 41.5 Å². The van der Waals surface area contributed by atoms with E-state index < -0.39 is 22.8 Å². The maximum atomic E-state index is 11.1. The first-order chi connectivity index (χ1) is 12.6. The van der Waals surface area contributed by atoms with Crippen molar-refractivity contribution >= 4 is 23.5 Å². The second kappa shape index (κ2) is 21.6. The summed E-state index contributed by atoms with van der Waals surface area (Å²) in [6, 6.07) is 0. The summed E-state index contributed by atoms with van der Waals surface area (Å²) < 4.78 is 8.71. The van der Waals surface area contributed by atoms with Crippen LogP contribution in [0.4, 0.5) is 0 Å². The fourth-order valence-electron chi connectivity index (χ4n) is 0.937.